The topological polar surface area (TPSA) is 161 Å². The number of hydrogen-bond donors (Lipinski definition) is 3. The first-order valence-corrected chi connectivity index (χ1v) is 13.8. The predicted molar refractivity (Wildman–Crippen MR) is 131 cm³/mol. The van der Waals surface area contributed by atoms with Gasteiger partial charge in [0, 0.05) is 16.6 Å². The smallest absolute Gasteiger partial charge is 0.390 e. The Bertz CT molecular complexity index is 1490. The Kier molecular flexibility index (Phi) is 8.13. The summed E-state index contributed by atoms with van der Waals surface area (Å²) >= 11 is -0.769. The second-order valence-corrected chi connectivity index (χ2v) is 11.2. The number of aromatic nitrogens is 3. The zero-order valence-corrected chi connectivity index (χ0v) is 21.0. The van der Waals surface area contributed by atoms with E-state index in [1.165, 1.54) is 12.1 Å². The summed E-state index contributed by atoms with van der Waals surface area (Å²) in [6.45, 7) is -0.170. The number of nitrogens with two attached hydrogens (primary N) is 1. The summed E-state index contributed by atoms with van der Waals surface area (Å²) < 4.78 is 71.1. The molecule has 0 aliphatic rings. The highest BCUT2D eigenvalue weighted by Crippen LogP contribution is 2.36. The molecule has 0 fully saturated rings. The van der Waals surface area contributed by atoms with E-state index >= 15 is 0 Å². The lowest BCUT2D eigenvalue weighted by Gasteiger charge is -2.11. The molecule has 0 saturated carbocycles. The van der Waals surface area contributed by atoms with Gasteiger partial charge in [-0.05, 0) is 35.4 Å². The van der Waals surface area contributed by atoms with Crippen LogP contribution in [0.3, 0.4) is 0 Å². The van der Waals surface area contributed by atoms with Crippen LogP contribution in [0.4, 0.5) is 13.2 Å². The minimum absolute atomic E-state index is 0.0478. The van der Waals surface area contributed by atoms with Crippen molar-refractivity contribution in [1.29, 1.82) is 0 Å². The Morgan fingerprint density at radius 1 is 1.16 bits per heavy atom. The van der Waals surface area contributed by atoms with Gasteiger partial charge in [-0.2, -0.15) is 13.2 Å². The maximum atomic E-state index is 13.0. The summed E-state index contributed by atoms with van der Waals surface area (Å²) in [4.78, 5) is 15.8. The van der Waals surface area contributed by atoms with E-state index in [2.05, 4.69) is 19.9 Å². The van der Waals surface area contributed by atoms with Crippen LogP contribution in [0.15, 0.2) is 46.9 Å². The average molecular weight is 574 g/mol. The maximum absolute atomic E-state index is 13.0. The number of fused-ring (bicyclic) bond motifs is 1. The number of carbonyl (C=O) groups is 1. The van der Waals surface area contributed by atoms with Gasteiger partial charge in [-0.15, -0.1) is 21.5 Å². The molecule has 2 aromatic carbocycles. The lowest BCUT2D eigenvalue weighted by atomic mass is 10.0. The van der Waals surface area contributed by atoms with Crippen LogP contribution in [-0.4, -0.2) is 46.6 Å². The van der Waals surface area contributed by atoms with Crippen LogP contribution in [0.1, 0.15) is 38.8 Å². The van der Waals surface area contributed by atoms with Gasteiger partial charge in [0.15, 0.2) is 16.4 Å². The van der Waals surface area contributed by atoms with E-state index < -0.39 is 51.5 Å². The number of halogens is 3. The van der Waals surface area contributed by atoms with Crippen molar-refractivity contribution in [1.82, 2.24) is 19.9 Å². The number of nitrogens with zero attached hydrogens (tertiary/aromatic N) is 3. The number of carboxylic acid groups (broad SMARTS) is 1. The molecule has 2 aromatic heterocycles. The predicted octanol–water partition coefficient (Wildman–Crippen LogP) is 3.46. The van der Waals surface area contributed by atoms with Crippen molar-refractivity contribution in [2.45, 2.75) is 24.4 Å². The number of thiazole rings is 1. The number of hydrogen-bond acceptors (Lipinski definition) is 8. The molecule has 3 atom stereocenters. The molecule has 3 unspecified atom stereocenters. The highest BCUT2D eigenvalue weighted by atomic mass is 32.2. The minimum atomic E-state index is -4.51. The molecule has 0 bridgehead atoms. The van der Waals surface area contributed by atoms with Crippen molar-refractivity contribution in [3.05, 3.63) is 64.8 Å². The van der Waals surface area contributed by atoms with E-state index in [9.17, 15) is 31.5 Å². The molecule has 0 amide bonds. The molecular formula is C21H18F3N5O5S3. The Morgan fingerprint density at radius 3 is 2.62 bits per heavy atom. The van der Waals surface area contributed by atoms with Crippen molar-refractivity contribution in [2.24, 2.45) is 5.14 Å². The fourth-order valence-electron chi connectivity index (χ4n) is 3.31. The molecule has 0 aliphatic heterocycles. The maximum Gasteiger partial charge on any atom is 0.390 e. The van der Waals surface area contributed by atoms with Crippen LogP contribution in [-0.2, 0) is 28.5 Å². The molecule has 16 heteroatoms. The van der Waals surface area contributed by atoms with E-state index in [4.69, 9.17) is 9.56 Å². The third-order valence-electron chi connectivity index (χ3n) is 4.99. The molecule has 0 aliphatic carbocycles. The summed E-state index contributed by atoms with van der Waals surface area (Å²) in [7, 11) is -2.12. The summed E-state index contributed by atoms with van der Waals surface area (Å²) in [5.74, 6) is -2.03. The van der Waals surface area contributed by atoms with Gasteiger partial charge in [0.05, 0.1) is 28.7 Å². The zero-order chi connectivity index (χ0) is 26.7. The van der Waals surface area contributed by atoms with E-state index in [0.29, 0.717) is 21.3 Å². The summed E-state index contributed by atoms with van der Waals surface area (Å²) in [6, 6.07) is 11.5. The first-order chi connectivity index (χ1) is 17.5. The van der Waals surface area contributed by atoms with Crippen molar-refractivity contribution in [3.8, 4) is 11.1 Å². The fourth-order valence-corrected chi connectivity index (χ4v) is 6.29. The highest BCUT2D eigenvalue weighted by Gasteiger charge is 2.34. The molecule has 196 valence electrons. The molecule has 4 N–H and O–H groups in total. The number of aromatic carboxylic acids is 1. The van der Waals surface area contributed by atoms with Gasteiger partial charge in [0.25, 0.3) is 0 Å². The summed E-state index contributed by atoms with van der Waals surface area (Å²) in [5, 5.41) is 21.0. The van der Waals surface area contributed by atoms with Crippen LogP contribution in [0.2, 0.25) is 0 Å². The standard InChI is InChI=1S/C21H18F3N5O5S3/c22-21(23,24)6-7-36(32)17(18-29-28-16(34-18)10-26-37(25)33)19-27-14-5-4-12(9-15(14)35-19)11-2-1-3-13(8-11)20(30)31/h1-5,8-9,17,26H,6-7,10,25H2,(H,30,31). The van der Waals surface area contributed by atoms with Gasteiger partial charge in [-0.25, -0.2) is 23.8 Å². The number of benzene rings is 2. The highest BCUT2D eigenvalue weighted by molar-refractivity contribution is 7.85. The van der Waals surface area contributed by atoms with Crippen LogP contribution >= 0.6 is 11.3 Å². The van der Waals surface area contributed by atoms with Crippen molar-refractivity contribution < 1.29 is 35.9 Å². The molecular weight excluding hydrogens is 555 g/mol. The second kappa shape index (κ2) is 11.1. The monoisotopic (exact) mass is 573 g/mol. The van der Waals surface area contributed by atoms with Crippen LogP contribution < -0.4 is 9.86 Å². The Morgan fingerprint density at radius 2 is 1.92 bits per heavy atom. The number of rotatable bonds is 10. The van der Waals surface area contributed by atoms with E-state index in [0.717, 1.165) is 11.3 Å². The lowest BCUT2D eigenvalue weighted by molar-refractivity contribution is -0.129. The van der Waals surface area contributed by atoms with E-state index in [1.54, 1.807) is 30.3 Å². The van der Waals surface area contributed by atoms with Crippen molar-refractivity contribution in [3.63, 3.8) is 0 Å². The van der Waals surface area contributed by atoms with E-state index in [1.807, 2.05) is 0 Å². The third-order valence-corrected chi connectivity index (χ3v) is 8.21. The minimum Gasteiger partial charge on any atom is -0.478 e. The molecule has 0 saturated heterocycles. The zero-order valence-electron chi connectivity index (χ0n) is 18.6. The average Bonchev–Trinajstić information content (AvgIpc) is 3.48. The Balaban J connectivity index is 1.70. The first-order valence-electron chi connectivity index (χ1n) is 10.4. The lowest BCUT2D eigenvalue weighted by Crippen LogP contribution is -2.23. The van der Waals surface area contributed by atoms with Gasteiger partial charge in [0.1, 0.15) is 5.01 Å². The molecule has 37 heavy (non-hydrogen) atoms. The fraction of sp³-hybridized carbons (Fsp3) is 0.238. The van der Waals surface area contributed by atoms with Crippen molar-refractivity contribution >= 4 is 49.5 Å². The second-order valence-electron chi connectivity index (χ2n) is 7.60. The van der Waals surface area contributed by atoms with Gasteiger partial charge < -0.3 is 9.52 Å². The molecule has 4 rings (SSSR count). The number of alkyl halides is 3. The molecule has 4 aromatic rings. The van der Waals surface area contributed by atoms with Gasteiger partial charge in [-0.1, -0.05) is 18.2 Å². The first kappa shape index (κ1) is 27.0. The summed E-state index contributed by atoms with van der Waals surface area (Å²) in [6.07, 6.45) is -5.79. The molecule has 10 nitrogen and oxygen atoms in total. The van der Waals surface area contributed by atoms with Crippen LogP contribution in [0, 0.1) is 0 Å². The number of nitrogens with one attached hydrogen (secondary N) is 1. The third kappa shape index (κ3) is 6.84. The summed E-state index contributed by atoms with van der Waals surface area (Å²) in [5.41, 5.74) is 1.95. The molecule has 2 heterocycles. The molecule has 0 radical (unpaired) electrons. The quantitative estimate of drug-likeness (QED) is 0.260. The van der Waals surface area contributed by atoms with Crippen LogP contribution in [0.5, 0.6) is 0 Å². The SMILES string of the molecule is NS(=O)NCc1nnc(C(c2nc3ccc(-c4cccc(C(=O)O)c4)cc3s2)S(=O)CCC(F)(F)F)o1. The van der Waals surface area contributed by atoms with E-state index in [-0.39, 0.29) is 28.9 Å². The molecule has 0 spiro atoms. The Labute approximate surface area is 216 Å². The van der Waals surface area contributed by atoms with Crippen LogP contribution in [0.25, 0.3) is 21.3 Å². The van der Waals surface area contributed by atoms with Crippen molar-refractivity contribution in [2.75, 3.05) is 5.75 Å². The van der Waals surface area contributed by atoms with Gasteiger partial charge >= 0.3 is 12.1 Å². The van der Waals surface area contributed by atoms with Gasteiger partial charge in [-0.3, -0.25) is 4.21 Å². The van der Waals surface area contributed by atoms with Gasteiger partial charge in [0.2, 0.25) is 11.8 Å². The Hall–Kier alpha value is -3.05. The normalized spacial score (nSPS) is 14.5. The largest absolute Gasteiger partial charge is 0.478 e. The number of carboxylic acids is 1.